The molecule has 1 N–H and O–H groups in total. The molecule has 24 heavy (non-hydrogen) atoms. The standard InChI is InChI=1S/C16H25N3O4S/c1-5-18-7-6-12(8-15(18)20)16(21)19-9-13(11(2)3)14(10-19)17-24(4,22)23/h6-8,11,13-14,17H,5,9-10H2,1-4H3/t13-,14+/m0/s1. The van der Waals surface area contributed by atoms with Crippen molar-refractivity contribution in [1.82, 2.24) is 14.2 Å². The largest absolute Gasteiger partial charge is 0.337 e. The Morgan fingerprint density at radius 2 is 2.04 bits per heavy atom. The quantitative estimate of drug-likeness (QED) is 0.834. The van der Waals surface area contributed by atoms with Crippen LogP contribution < -0.4 is 10.3 Å². The van der Waals surface area contributed by atoms with Gasteiger partial charge in [-0.25, -0.2) is 13.1 Å². The zero-order chi connectivity index (χ0) is 18.1. The van der Waals surface area contributed by atoms with Gasteiger partial charge in [0.25, 0.3) is 11.5 Å². The van der Waals surface area contributed by atoms with Crippen molar-refractivity contribution in [2.75, 3.05) is 19.3 Å². The average Bonchev–Trinajstić information content (AvgIpc) is 2.88. The third kappa shape index (κ3) is 4.24. The molecule has 1 fully saturated rings. The second kappa shape index (κ2) is 7.06. The van der Waals surface area contributed by atoms with Crippen LogP contribution in [0.2, 0.25) is 0 Å². The van der Waals surface area contributed by atoms with E-state index in [2.05, 4.69) is 4.72 Å². The van der Waals surface area contributed by atoms with Crippen molar-refractivity contribution >= 4 is 15.9 Å². The molecule has 7 nitrogen and oxygen atoms in total. The van der Waals surface area contributed by atoms with Crippen LogP contribution in [0.4, 0.5) is 0 Å². The van der Waals surface area contributed by atoms with Crippen LogP contribution in [0.25, 0.3) is 0 Å². The molecule has 1 aromatic rings. The molecule has 134 valence electrons. The summed E-state index contributed by atoms with van der Waals surface area (Å²) in [5.41, 5.74) is 0.126. The SMILES string of the molecule is CCn1ccc(C(=O)N2C[C@@H](NS(C)(=O)=O)[C@H](C(C)C)C2)cc1=O. The van der Waals surface area contributed by atoms with Crippen LogP contribution in [-0.4, -0.2) is 49.2 Å². The van der Waals surface area contributed by atoms with E-state index in [4.69, 9.17) is 0 Å². The number of rotatable bonds is 5. The maximum absolute atomic E-state index is 12.7. The molecule has 1 aromatic heterocycles. The third-order valence-corrected chi connectivity index (χ3v) is 5.19. The van der Waals surface area contributed by atoms with Gasteiger partial charge in [-0.1, -0.05) is 13.8 Å². The van der Waals surface area contributed by atoms with Crippen LogP contribution in [0.5, 0.6) is 0 Å². The predicted octanol–water partition coefficient (Wildman–Crippen LogP) is 0.514. The summed E-state index contributed by atoms with van der Waals surface area (Å²) in [6.07, 6.45) is 2.73. The van der Waals surface area contributed by atoms with E-state index in [0.717, 1.165) is 6.26 Å². The number of likely N-dealkylation sites (tertiary alicyclic amines) is 1. The van der Waals surface area contributed by atoms with E-state index in [1.54, 1.807) is 17.2 Å². The van der Waals surface area contributed by atoms with Gasteiger partial charge in [0.15, 0.2) is 0 Å². The Morgan fingerprint density at radius 1 is 1.38 bits per heavy atom. The van der Waals surface area contributed by atoms with E-state index < -0.39 is 10.0 Å². The summed E-state index contributed by atoms with van der Waals surface area (Å²) in [7, 11) is -3.34. The van der Waals surface area contributed by atoms with Gasteiger partial charge in [-0.3, -0.25) is 9.59 Å². The third-order valence-electron chi connectivity index (χ3n) is 4.46. The van der Waals surface area contributed by atoms with Gasteiger partial charge in [0, 0.05) is 43.5 Å². The maximum atomic E-state index is 12.7. The first-order chi connectivity index (χ1) is 11.1. The highest BCUT2D eigenvalue weighted by Gasteiger charge is 2.38. The molecule has 1 amide bonds. The van der Waals surface area contributed by atoms with Crippen molar-refractivity contribution in [3.63, 3.8) is 0 Å². The molecule has 0 saturated carbocycles. The summed E-state index contributed by atoms with van der Waals surface area (Å²) in [6.45, 7) is 7.22. The Bertz CT molecular complexity index is 770. The number of hydrogen-bond acceptors (Lipinski definition) is 4. The van der Waals surface area contributed by atoms with Crippen molar-refractivity contribution in [3.05, 3.63) is 34.2 Å². The van der Waals surface area contributed by atoms with Crippen molar-refractivity contribution in [1.29, 1.82) is 0 Å². The van der Waals surface area contributed by atoms with Crippen molar-refractivity contribution < 1.29 is 13.2 Å². The number of carbonyl (C=O) groups excluding carboxylic acids is 1. The minimum absolute atomic E-state index is 0.0414. The molecule has 0 aromatic carbocycles. The lowest BCUT2D eigenvalue weighted by Gasteiger charge is -2.21. The van der Waals surface area contributed by atoms with Crippen molar-refractivity contribution in [2.45, 2.75) is 33.4 Å². The Labute approximate surface area is 142 Å². The smallest absolute Gasteiger partial charge is 0.254 e. The molecule has 0 unspecified atom stereocenters. The Balaban J connectivity index is 2.21. The molecule has 0 radical (unpaired) electrons. The van der Waals surface area contributed by atoms with Crippen LogP contribution in [0.1, 0.15) is 31.1 Å². The Morgan fingerprint density at radius 3 is 2.54 bits per heavy atom. The second-order valence-electron chi connectivity index (χ2n) is 6.65. The van der Waals surface area contributed by atoms with Gasteiger partial charge in [-0.2, -0.15) is 0 Å². The summed E-state index contributed by atoms with van der Waals surface area (Å²) >= 11 is 0. The Hall–Kier alpha value is -1.67. The molecule has 1 saturated heterocycles. The number of nitrogens with zero attached hydrogens (tertiary/aromatic N) is 2. The molecule has 2 heterocycles. The number of aryl methyl sites for hydroxylation is 1. The fourth-order valence-electron chi connectivity index (χ4n) is 3.15. The highest BCUT2D eigenvalue weighted by atomic mass is 32.2. The first kappa shape index (κ1) is 18.7. The number of nitrogens with one attached hydrogen (secondary N) is 1. The predicted molar refractivity (Wildman–Crippen MR) is 92.4 cm³/mol. The van der Waals surface area contributed by atoms with Gasteiger partial charge in [-0.05, 0) is 24.8 Å². The summed E-state index contributed by atoms with van der Waals surface area (Å²) < 4.78 is 27.3. The topological polar surface area (TPSA) is 88.5 Å². The number of hydrogen-bond donors (Lipinski definition) is 1. The monoisotopic (exact) mass is 355 g/mol. The molecule has 1 aliphatic heterocycles. The molecule has 0 bridgehead atoms. The highest BCUT2D eigenvalue weighted by molar-refractivity contribution is 7.88. The first-order valence-corrected chi connectivity index (χ1v) is 9.98. The fourth-order valence-corrected chi connectivity index (χ4v) is 3.95. The van der Waals surface area contributed by atoms with Crippen LogP contribution >= 0.6 is 0 Å². The molecule has 0 aliphatic carbocycles. The van der Waals surface area contributed by atoms with Gasteiger partial charge in [-0.15, -0.1) is 0 Å². The van der Waals surface area contributed by atoms with Crippen LogP contribution in [0, 0.1) is 11.8 Å². The number of amides is 1. The summed E-state index contributed by atoms with van der Waals surface area (Å²) in [4.78, 5) is 26.2. The van der Waals surface area contributed by atoms with Gasteiger partial charge in [0.2, 0.25) is 10.0 Å². The van der Waals surface area contributed by atoms with E-state index in [1.807, 2.05) is 20.8 Å². The number of sulfonamides is 1. The zero-order valence-electron chi connectivity index (χ0n) is 14.5. The average molecular weight is 355 g/mol. The summed E-state index contributed by atoms with van der Waals surface area (Å²) in [6, 6.07) is 2.67. The zero-order valence-corrected chi connectivity index (χ0v) is 15.3. The number of carbonyl (C=O) groups is 1. The highest BCUT2D eigenvalue weighted by Crippen LogP contribution is 2.26. The van der Waals surface area contributed by atoms with Crippen molar-refractivity contribution in [3.8, 4) is 0 Å². The molecule has 1 aliphatic rings. The lowest BCUT2D eigenvalue weighted by Crippen LogP contribution is -2.41. The maximum Gasteiger partial charge on any atom is 0.254 e. The second-order valence-corrected chi connectivity index (χ2v) is 8.43. The van der Waals surface area contributed by atoms with E-state index in [0.29, 0.717) is 25.2 Å². The van der Waals surface area contributed by atoms with Crippen LogP contribution in [0.15, 0.2) is 23.1 Å². The summed E-state index contributed by atoms with van der Waals surface area (Å²) in [5, 5.41) is 0. The molecule has 0 spiro atoms. The number of pyridine rings is 1. The van der Waals surface area contributed by atoms with E-state index >= 15 is 0 Å². The molecule has 2 rings (SSSR count). The molecule has 8 heteroatoms. The molecular weight excluding hydrogens is 330 g/mol. The van der Waals surface area contributed by atoms with Crippen LogP contribution in [-0.2, 0) is 16.6 Å². The van der Waals surface area contributed by atoms with Gasteiger partial charge < -0.3 is 9.47 Å². The Kier molecular flexibility index (Phi) is 5.49. The van der Waals surface area contributed by atoms with Gasteiger partial charge in [0.05, 0.1) is 6.26 Å². The minimum atomic E-state index is -3.34. The lowest BCUT2D eigenvalue weighted by molar-refractivity contribution is 0.0782. The van der Waals surface area contributed by atoms with E-state index in [9.17, 15) is 18.0 Å². The number of aromatic nitrogens is 1. The normalized spacial score (nSPS) is 21.5. The summed E-state index contributed by atoms with van der Waals surface area (Å²) in [5.74, 6) is 0.0358. The molecule has 2 atom stereocenters. The lowest BCUT2D eigenvalue weighted by atomic mass is 9.92. The van der Waals surface area contributed by atoms with E-state index in [1.165, 1.54) is 10.6 Å². The first-order valence-electron chi connectivity index (χ1n) is 8.09. The van der Waals surface area contributed by atoms with Gasteiger partial charge in [0.1, 0.15) is 0 Å². The van der Waals surface area contributed by atoms with Gasteiger partial charge >= 0.3 is 0 Å². The molecular formula is C16H25N3O4S. The van der Waals surface area contributed by atoms with Crippen molar-refractivity contribution in [2.24, 2.45) is 11.8 Å². The minimum Gasteiger partial charge on any atom is -0.337 e. The fraction of sp³-hybridized carbons (Fsp3) is 0.625. The van der Waals surface area contributed by atoms with E-state index in [-0.39, 0.29) is 29.3 Å². The van der Waals surface area contributed by atoms with Crippen LogP contribution in [0.3, 0.4) is 0 Å².